The van der Waals surface area contributed by atoms with Gasteiger partial charge in [-0.1, -0.05) is 0 Å². The van der Waals surface area contributed by atoms with Gasteiger partial charge in [-0.2, -0.15) is 15.0 Å². The molecule has 0 radical (unpaired) electrons. The number of rotatable bonds is 6. The minimum absolute atomic E-state index is 0.0179. The molecule has 1 saturated heterocycles. The standard InChI is InChI=1S/C19H24N4O4/c1-25-16-12-14(13-17(26-2)19(16)27-3)4-5-18(24)22-10-6-15(7-11-22)23-20-8-9-21-23/h4-5,8-9,12-13,15H,6-7,10-11H2,1-3H3/b5-4+. The third kappa shape index (κ3) is 4.21. The van der Waals surface area contributed by atoms with Crippen LogP contribution in [0, 0.1) is 0 Å². The zero-order valence-electron chi connectivity index (χ0n) is 15.8. The third-order valence-electron chi connectivity index (χ3n) is 4.64. The van der Waals surface area contributed by atoms with Gasteiger partial charge in [-0.25, -0.2) is 0 Å². The molecule has 1 aromatic carbocycles. The first kappa shape index (κ1) is 18.8. The molecule has 8 nitrogen and oxygen atoms in total. The fourth-order valence-electron chi connectivity index (χ4n) is 3.20. The second kappa shape index (κ2) is 8.57. The van der Waals surface area contributed by atoms with E-state index in [2.05, 4.69) is 10.2 Å². The molecule has 0 unspecified atom stereocenters. The maximum atomic E-state index is 12.5. The van der Waals surface area contributed by atoms with Crippen LogP contribution in [0.3, 0.4) is 0 Å². The molecule has 2 aromatic rings. The van der Waals surface area contributed by atoms with Gasteiger partial charge in [-0.05, 0) is 36.6 Å². The second-order valence-corrected chi connectivity index (χ2v) is 6.20. The Morgan fingerprint density at radius 2 is 1.63 bits per heavy atom. The van der Waals surface area contributed by atoms with E-state index in [0.717, 1.165) is 18.4 Å². The summed E-state index contributed by atoms with van der Waals surface area (Å²) >= 11 is 0. The lowest BCUT2D eigenvalue weighted by atomic mass is 10.1. The highest BCUT2D eigenvalue weighted by Gasteiger charge is 2.23. The Bertz CT molecular complexity index is 771. The fourth-order valence-corrected chi connectivity index (χ4v) is 3.20. The van der Waals surface area contributed by atoms with Gasteiger partial charge < -0.3 is 19.1 Å². The number of methoxy groups -OCH3 is 3. The molecule has 1 aromatic heterocycles. The molecule has 3 rings (SSSR count). The van der Waals surface area contributed by atoms with E-state index in [1.54, 1.807) is 62.8 Å². The topological polar surface area (TPSA) is 78.7 Å². The van der Waals surface area contributed by atoms with Crippen LogP contribution >= 0.6 is 0 Å². The molecule has 0 N–H and O–H groups in total. The number of hydrogen-bond donors (Lipinski definition) is 0. The van der Waals surface area contributed by atoms with E-state index in [4.69, 9.17) is 14.2 Å². The highest BCUT2D eigenvalue weighted by molar-refractivity contribution is 5.92. The molecule has 8 heteroatoms. The van der Waals surface area contributed by atoms with Crippen LogP contribution in [0.25, 0.3) is 6.08 Å². The van der Waals surface area contributed by atoms with Crippen molar-refractivity contribution in [2.75, 3.05) is 34.4 Å². The number of carbonyl (C=O) groups excluding carboxylic acids is 1. The lowest BCUT2D eigenvalue weighted by Crippen LogP contribution is -2.38. The van der Waals surface area contributed by atoms with Crippen LogP contribution in [0.4, 0.5) is 0 Å². The van der Waals surface area contributed by atoms with Crippen molar-refractivity contribution in [2.45, 2.75) is 18.9 Å². The van der Waals surface area contributed by atoms with Gasteiger partial charge in [-0.3, -0.25) is 4.79 Å². The predicted octanol–water partition coefficient (Wildman–Crippen LogP) is 2.18. The summed E-state index contributed by atoms with van der Waals surface area (Å²) in [4.78, 5) is 16.1. The SMILES string of the molecule is COc1cc(/C=C/C(=O)N2CCC(n3nccn3)CC2)cc(OC)c1OC. The normalized spacial score (nSPS) is 15.1. The summed E-state index contributed by atoms with van der Waals surface area (Å²) in [5.41, 5.74) is 0.800. The Balaban J connectivity index is 1.65. The minimum atomic E-state index is -0.0179. The molecule has 1 aliphatic heterocycles. The average molecular weight is 372 g/mol. The van der Waals surface area contributed by atoms with Gasteiger partial charge in [0.2, 0.25) is 11.7 Å². The lowest BCUT2D eigenvalue weighted by Gasteiger charge is -2.30. The number of aromatic nitrogens is 3. The lowest BCUT2D eigenvalue weighted by molar-refractivity contribution is -0.127. The molecule has 0 aliphatic carbocycles. The van der Waals surface area contributed by atoms with Crippen molar-refractivity contribution in [3.05, 3.63) is 36.2 Å². The number of nitrogens with zero attached hydrogens (tertiary/aromatic N) is 4. The van der Waals surface area contributed by atoms with Crippen molar-refractivity contribution in [2.24, 2.45) is 0 Å². The van der Waals surface area contributed by atoms with Crippen LogP contribution in [0.2, 0.25) is 0 Å². The Labute approximate surface area is 158 Å². The zero-order valence-corrected chi connectivity index (χ0v) is 15.8. The van der Waals surface area contributed by atoms with Crippen LogP contribution < -0.4 is 14.2 Å². The minimum Gasteiger partial charge on any atom is -0.493 e. The van der Waals surface area contributed by atoms with Crippen molar-refractivity contribution in [3.8, 4) is 17.2 Å². The summed E-state index contributed by atoms with van der Waals surface area (Å²) in [6.07, 6.45) is 8.38. The van der Waals surface area contributed by atoms with E-state index >= 15 is 0 Å². The van der Waals surface area contributed by atoms with Gasteiger partial charge in [0.1, 0.15) is 0 Å². The Morgan fingerprint density at radius 1 is 1.04 bits per heavy atom. The predicted molar refractivity (Wildman–Crippen MR) is 100 cm³/mol. The number of ether oxygens (including phenoxy) is 3. The van der Waals surface area contributed by atoms with Crippen molar-refractivity contribution in [3.63, 3.8) is 0 Å². The summed E-state index contributed by atoms with van der Waals surface area (Å²) in [6, 6.07) is 3.87. The van der Waals surface area contributed by atoms with Crippen LogP contribution in [0.15, 0.2) is 30.6 Å². The van der Waals surface area contributed by atoms with Crippen LogP contribution in [-0.2, 0) is 4.79 Å². The first-order valence-electron chi connectivity index (χ1n) is 8.79. The van der Waals surface area contributed by atoms with E-state index in [-0.39, 0.29) is 11.9 Å². The summed E-state index contributed by atoms with van der Waals surface area (Å²) < 4.78 is 16.0. The first-order chi connectivity index (χ1) is 13.2. The molecule has 0 spiro atoms. The number of likely N-dealkylation sites (tertiary alicyclic amines) is 1. The molecule has 2 heterocycles. The zero-order chi connectivity index (χ0) is 19.2. The molecule has 0 saturated carbocycles. The van der Waals surface area contributed by atoms with E-state index in [1.807, 2.05) is 4.90 Å². The Kier molecular flexibility index (Phi) is 5.95. The first-order valence-corrected chi connectivity index (χ1v) is 8.79. The number of piperidine rings is 1. The second-order valence-electron chi connectivity index (χ2n) is 6.20. The van der Waals surface area contributed by atoms with Crippen molar-refractivity contribution in [1.82, 2.24) is 19.9 Å². The highest BCUT2D eigenvalue weighted by atomic mass is 16.5. The summed E-state index contributed by atoms with van der Waals surface area (Å²) in [5.74, 6) is 1.61. The third-order valence-corrected chi connectivity index (χ3v) is 4.64. The van der Waals surface area contributed by atoms with Gasteiger partial charge in [0.05, 0.1) is 39.8 Å². The molecule has 144 valence electrons. The molecule has 1 aliphatic rings. The molecule has 1 amide bonds. The smallest absolute Gasteiger partial charge is 0.246 e. The number of amides is 1. The summed E-state index contributed by atoms with van der Waals surface area (Å²) in [5, 5.41) is 8.37. The fraction of sp³-hybridized carbons (Fsp3) is 0.421. The quantitative estimate of drug-likeness (QED) is 0.723. The van der Waals surface area contributed by atoms with E-state index in [9.17, 15) is 4.79 Å². The maximum Gasteiger partial charge on any atom is 0.246 e. The van der Waals surface area contributed by atoms with Gasteiger partial charge >= 0.3 is 0 Å². The van der Waals surface area contributed by atoms with Crippen LogP contribution in [-0.4, -0.2) is 60.2 Å². The van der Waals surface area contributed by atoms with Gasteiger partial charge in [0.25, 0.3) is 0 Å². The summed E-state index contributed by atoms with van der Waals surface area (Å²) in [7, 11) is 4.69. The molecule has 0 bridgehead atoms. The number of benzene rings is 1. The Hall–Kier alpha value is -3.03. The molecular formula is C19H24N4O4. The molecular weight excluding hydrogens is 348 g/mol. The van der Waals surface area contributed by atoms with Crippen LogP contribution in [0.5, 0.6) is 17.2 Å². The monoisotopic (exact) mass is 372 g/mol. The van der Waals surface area contributed by atoms with E-state index in [1.165, 1.54) is 0 Å². The molecule has 1 fully saturated rings. The highest BCUT2D eigenvalue weighted by Crippen LogP contribution is 2.38. The molecule has 27 heavy (non-hydrogen) atoms. The molecule has 0 atom stereocenters. The maximum absolute atomic E-state index is 12.5. The van der Waals surface area contributed by atoms with Crippen molar-refractivity contribution >= 4 is 12.0 Å². The van der Waals surface area contributed by atoms with Crippen molar-refractivity contribution in [1.29, 1.82) is 0 Å². The van der Waals surface area contributed by atoms with Crippen molar-refractivity contribution < 1.29 is 19.0 Å². The summed E-state index contributed by atoms with van der Waals surface area (Å²) in [6.45, 7) is 1.37. The van der Waals surface area contributed by atoms with E-state index in [0.29, 0.717) is 30.3 Å². The van der Waals surface area contributed by atoms with Gasteiger partial charge in [-0.15, -0.1) is 0 Å². The largest absolute Gasteiger partial charge is 0.493 e. The Morgan fingerprint density at radius 3 is 2.15 bits per heavy atom. The average Bonchev–Trinajstić information content (AvgIpc) is 3.26. The van der Waals surface area contributed by atoms with Gasteiger partial charge in [0, 0.05) is 19.2 Å². The van der Waals surface area contributed by atoms with Crippen LogP contribution in [0.1, 0.15) is 24.4 Å². The number of hydrogen-bond acceptors (Lipinski definition) is 6. The number of carbonyl (C=O) groups is 1. The van der Waals surface area contributed by atoms with E-state index < -0.39 is 0 Å². The van der Waals surface area contributed by atoms with Gasteiger partial charge in [0.15, 0.2) is 11.5 Å².